The number of aliphatic hydroxyl groups excluding tert-OH is 1. The summed E-state index contributed by atoms with van der Waals surface area (Å²) in [6.07, 6.45) is 0.342. The quantitative estimate of drug-likeness (QED) is 0.831. The van der Waals surface area contributed by atoms with Gasteiger partial charge in [0.15, 0.2) is 0 Å². The lowest BCUT2D eigenvalue weighted by Gasteiger charge is -2.17. The number of rotatable bonds is 2. The van der Waals surface area contributed by atoms with E-state index in [0.29, 0.717) is 41.6 Å². The highest BCUT2D eigenvalue weighted by Crippen LogP contribution is 2.33. The van der Waals surface area contributed by atoms with Gasteiger partial charge in [-0.25, -0.2) is 9.97 Å². The summed E-state index contributed by atoms with van der Waals surface area (Å²) in [6, 6.07) is 6.55. The Morgan fingerprint density at radius 3 is 2.67 bits per heavy atom. The van der Waals surface area contributed by atoms with Gasteiger partial charge in [0, 0.05) is 29.7 Å². The molecule has 110 valence electrons. The van der Waals surface area contributed by atoms with Gasteiger partial charge in [-0.3, -0.25) is 0 Å². The second-order valence-electron chi connectivity index (χ2n) is 4.93. The molecule has 0 spiro atoms. The highest BCUT2D eigenvalue weighted by atomic mass is 35.5. The normalized spacial score (nSPS) is 18.2. The summed E-state index contributed by atoms with van der Waals surface area (Å²) in [7, 11) is 0. The van der Waals surface area contributed by atoms with Crippen LogP contribution in [0.25, 0.3) is 11.3 Å². The van der Waals surface area contributed by atoms with Gasteiger partial charge in [0.25, 0.3) is 0 Å². The SMILES string of the molecule is Oc1cc(Cl)ccc1-c1cc(N2CC[C@H](O)C2)nc(Cl)n1. The van der Waals surface area contributed by atoms with Gasteiger partial charge in [-0.1, -0.05) is 11.6 Å². The molecule has 1 aromatic carbocycles. The predicted molar refractivity (Wildman–Crippen MR) is 82.0 cm³/mol. The van der Waals surface area contributed by atoms with Gasteiger partial charge in [0.2, 0.25) is 5.28 Å². The molecule has 1 aliphatic heterocycles. The van der Waals surface area contributed by atoms with Crippen molar-refractivity contribution < 1.29 is 10.2 Å². The summed E-state index contributed by atoms with van der Waals surface area (Å²) in [6.45, 7) is 1.22. The Labute approximate surface area is 131 Å². The van der Waals surface area contributed by atoms with Crippen LogP contribution in [0.5, 0.6) is 5.75 Å². The van der Waals surface area contributed by atoms with E-state index in [1.165, 1.54) is 6.07 Å². The first kappa shape index (κ1) is 14.4. The Bertz CT molecular complexity index is 681. The van der Waals surface area contributed by atoms with Gasteiger partial charge in [0.05, 0.1) is 11.8 Å². The van der Waals surface area contributed by atoms with E-state index in [9.17, 15) is 10.2 Å². The third kappa shape index (κ3) is 3.05. The van der Waals surface area contributed by atoms with Crippen LogP contribution in [-0.4, -0.2) is 39.4 Å². The maximum atomic E-state index is 9.99. The van der Waals surface area contributed by atoms with Gasteiger partial charge in [-0.2, -0.15) is 0 Å². The monoisotopic (exact) mass is 325 g/mol. The van der Waals surface area contributed by atoms with Crippen molar-refractivity contribution in [1.29, 1.82) is 0 Å². The number of phenols is 1. The first-order valence-electron chi connectivity index (χ1n) is 6.49. The number of aromatic hydroxyl groups is 1. The lowest BCUT2D eigenvalue weighted by molar-refractivity contribution is 0.198. The van der Waals surface area contributed by atoms with E-state index < -0.39 is 0 Å². The number of aromatic nitrogens is 2. The number of benzene rings is 1. The molecule has 0 unspecified atom stereocenters. The molecule has 2 heterocycles. The molecule has 0 amide bonds. The van der Waals surface area contributed by atoms with Crippen LogP contribution in [-0.2, 0) is 0 Å². The van der Waals surface area contributed by atoms with Crippen LogP contribution in [0, 0.1) is 0 Å². The van der Waals surface area contributed by atoms with Crippen molar-refractivity contribution in [2.45, 2.75) is 12.5 Å². The van der Waals surface area contributed by atoms with Crippen LogP contribution in [0.1, 0.15) is 6.42 Å². The van der Waals surface area contributed by atoms with Gasteiger partial charge >= 0.3 is 0 Å². The number of hydrogen-bond donors (Lipinski definition) is 2. The van der Waals surface area contributed by atoms with E-state index in [2.05, 4.69) is 9.97 Å². The summed E-state index contributed by atoms with van der Waals surface area (Å²) in [4.78, 5) is 10.3. The Balaban J connectivity index is 2.01. The molecule has 5 nitrogen and oxygen atoms in total. The molecule has 0 saturated carbocycles. The van der Waals surface area contributed by atoms with E-state index in [1.807, 2.05) is 4.90 Å². The highest BCUT2D eigenvalue weighted by molar-refractivity contribution is 6.30. The van der Waals surface area contributed by atoms with Crippen molar-refractivity contribution in [3.05, 3.63) is 34.6 Å². The zero-order valence-corrected chi connectivity index (χ0v) is 12.5. The molecule has 0 radical (unpaired) electrons. The lowest BCUT2D eigenvalue weighted by Crippen LogP contribution is -2.22. The average molecular weight is 326 g/mol. The fraction of sp³-hybridized carbons (Fsp3) is 0.286. The number of phenolic OH excluding ortho intramolecular Hbond substituents is 1. The first-order valence-corrected chi connectivity index (χ1v) is 7.25. The van der Waals surface area contributed by atoms with E-state index in [0.717, 1.165) is 0 Å². The minimum Gasteiger partial charge on any atom is -0.507 e. The van der Waals surface area contributed by atoms with E-state index in [1.54, 1.807) is 18.2 Å². The second kappa shape index (κ2) is 5.67. The fourth-order valence-electron chi connectivity index (χ4n) is 2.38. The smallest absolute Gasteiger partial charge is 0.224 e. The minimum absolute atomic E-state index is 0.0321. The predicted octanol–water partition coefficient (Wildman–Crippen LogP) is 2.73. The molecule has 0 aliphatic carbocycles. The van der Waals surface area contributed by atoms with Crippen molar-refractivity contribution >= 4 is 29.0 Å². The molecule has 3 rings (SSSR count). The molecule has 1 saturated heterocycles. The van der Waals surface area contributed by atoms with Crippen LogP contribution in [0.15, 0.2) is 24.3 Å². The third-order valence-corrected chi connectivity index (χ3v) is 3.81. The number of anilines is 1. The molecular formula is C14H13Cl2N3O2. The number of halogens is 2. The van der Waals surface area contributed by atoms with Crippen LogP contribution >= 0.6 is 23.2 Å². The summed E-state index contributed by atoms with van der Waals surface area (Å²) < 4.78 is 0. The topological polar surface area (TPSA) is 69.5 Å². The molecule has 1 atom stereocenters. The molecule has 1 aliphatic rings. The molecule has 0 bridgehead atoms. The minimum atomic E-state index is -0.355. The summed E-state index contributed by atoms with van der Waals surface area (Å²) >= 11 is 11.8. The molecule has 1 aromatic heterocycles. The Hall–Kier alpha value is -1.56. The zero-order chi connectivity index (χ0) is 15.0. The molecule has 1 fully saturated rings. The fourth-order valence-corrected chi connectivity index (χ4v) is 2.72. The summed E-state index contributed by atoms with van der Waals surface area (Å²) in [5, 5.41) is 20.2. The van der Waals surface area contributed by atoms with Crippen LogP contribution in [0.3, 0.4) is 0 Å². The number of nitrogens with zero attached hydrogens (tertiary/aromatic N) is 3. The van der Waals surface area contributed by atoms with Crippen molar-refractivity contribution in [3.8, 4) is 17.0 Å². The summed E-state index contributed by atoms with van der Waals surface area (Å²) in [5.74, 6) is 0.667. The lowest BCUT2D eigenvalue weighted by atomic mass is 10.1. The maximum Gasteiger partial charge on any atom is 0.224 e. The molecule has 2 aromatic rings. The Kier molecular flexibility index (Phi) is 3.89. The van der Waals surface area contributed by atoms with Crippen LogP contribution in [0.2, 0.25) is 10.3 Å². The van der Waals surface area contributed by atoms with Gasteiger partial charge in [-0.15, -0.1) is 0 Å². The number of β-amino-alcohol motifs (C(OH)–C–C–N with tert-alkyl or cyclic N) is 1. The van der Waals surface area contributed by atoms with Crippen LogP contribution in [0.4, 0.5) is 5.82 Å². The Morgan fingerprint density at radius 1 is 1.19 bits per heavy atom. The van der Waals surface area contributed by atoms with Crippen molar-refractivity contribution in [2.24, 2.45) is 0 Å². The Morgan fingerprint density at radius 2 is 2.00 bits per heavy atom. The number of hydrogen-bond acceptors (Lipinski definition) is 5. The van der Waals surface area contributed by atoms with Gasteiger partial charge < -0.3 is 15.1 Å². The van der Waals surface area contributed by atoms with Gasteiger partial charge in [0.1, 0.15) is 11.6 Å². The standard InChI is InChI=1S/C14H13Cl2N3O2/c15-8-1-2-10(12(21)5-8)11-6-13(18-14(16)17-11)19-4-3-9(20)7-19/h1-2,5-6,9,20-21H,3-4,7H2/t9-/m0/s1. The molecular weight excluding hydrogens is 313 g/mol. The molecule has 2 N–H and O–H groups in total. The first-order chi connectivity index (χ1) is 10.0. The average Bonchev–Trinajstić information content (AvgIpc) is 2.84. The van der Waals surface area contributed by atoms with Gasteiger partial charge in [-0.05, 0) is 36.2 Å². The highest BCUT2D eigenvalue weighted by Gasteiger charge is 2.22. The number of aliphatic hydroxyl groups is 1. The maximum absolute atomic E-state index is 9.99. The third-order valence-electron chi connectivity index (χ3n) is 3.41. The van der Waals surface area contributed by atoms with E-state index in [-0.39, 0.29) is 17.1 Å². The van der Waals surface area contributed by atoms with E-state index in [4.69, 9.17) is 23.2 Å². The largest absolute Gasteiger partial charge is 0.507 e. The van der Waals surface area contributed by atoms with Crippen molar-refractivity contribution in [3.63, 3.8) is 0 Å². The summed E-state index contributed by atoms with van der Waals surface area (Å²) in [5.41, 5.74) is 1.05. The second-order valence-corrected chi connectivity index (χ2v) is 5.70. The molecule has 7 heteroatoms. The van der Waals surface area contributed by atoms with Crippen molar-refractivity contribution in [1.82, 2.24) is 9.97 Å². The molecule has 21 heavy (non-hydrogen) atoms. The van der Waals surface area contributed by atoms with E-state index >= 15 is 0 Å². The van der Waals surface area contributed by atoms with Crippen molar-refractivity contribution in [2.75, 3.05) is 18.0 Å². The zero-order valence-electron chi connectivity index (χ0n) is 11.0. The van der Waals surface area contributed by atoms with Crippen LogP contribution < -0.4 is 4.90 Å².